The summed E-state index contributed by atoms with van der Waals surface area (Å²) < 4.78 is 0. The Balaban J connectivity index is 2.00. The van der Waals surface area contributed by atoms with E-state index in [1.54, 1.807) is 33.1 Å². The van der Waals surface area contributed by atoms with Gasteiger partial charge in [0.25, 0.3) is 5.91 Å². The van der Waals surface area contributed by atoms with Gasteiger partial charge in [-0.2, -0.15) is 0 Å². The van der Waals surface area contributed by atoms with Crippen LogP contribution in [0.25, 0.3) is 5.76 Å². The zero-order valence-electron chi connectivity index (χ0n) is 21.0. The predicted molar refractivity (Wildman–Crippen MR) is 130 cm³/mol. The fourth-order valence-electron chi connectivity index (χ4n) is 6.01. The highest BCUT2D eigenvalue weighted by Gasteiger charge is 2.64. The molecule has 4 atom stereocenters. The fourth-order valence-corrected chi connectivity index (χ4v) is 6.01. The normalized spacial score (nSPS) is 27.7. The summed E-state index contributed by atoms with van der Waals surface area (Å²) >= 11 is 0. The molecule has 194 valence electrons. The first-order valence-electron chi connectivity index (χ1n) is 11.9. The minimum atomic E-state index is -2.65. The van der Waals surface area contributed by atoms with E-state index < -0.39 is 58.0 Å². The van der Waals surface area contributed by atoms with Crippen LogP contribution in [0.1, 0.15) is 36.6 Å². The number of pyridine rings is 1. The summed E-state index contributed by atoms with van der Waals surface area (Å²) in [6, 6.07) is -1.12. The van der Waals surface area contributed by atoms with Gasteiger partial charge in [0.2, 0.25) is 5.78 Å². The van der Waals surface area contributed by atoms with Crippen molar-refractivity contribution in [2.24, 2.45) is 17.6 Å². The molecule has 1 amide bonds. The molecule has 3 aliphatic carbocycles. The summed E-state index contributed by atoms with van der Waals surface area (Å²) in [6.07, 6.45) is 1.36. The highest BCUT2D eigenvalue weighted by Crippen LogP contribution is 2.53. The molecule has 0 aromatic carbocycles. The van der Waals surface area contributed by atoms with Gasteiger partial charge >= 0.3 is 0 Å². The molecule has 1 aromatic heterocycles. The predicted octanol–water partition coefficient (Wildman–Crippen LogP) is 0.378. The number of aliphatic hydroxyl groups is 3. The zero-order chi connectivity index (χ0) is 26.9. The Kier molecular flexibility index (Phi) is 6.12. The first-order valence-corrected chi connectivity index (χ1v) is 11.9. The van der Waals surface area contributed by atoms with Crippen LogP contribution in [-0.2, 0) is 27.2 Å². The molecule has 0 aliphatic heterocycles. The van der Waals surface area contributed by atoms with Crippen molar-refractivity contribution in [2.45, 2.75) is 44.2 Å². The van der Waals surface area contributed by atoms with Crippen molar-refractivity contribution in [3.8, 4) is 5.75 Å². The Hall–Kier alpha value is -3.44. The van der Waals surface area contributed by atoms with Crippen LogP contribution < -0.4 is 10.6 Å². The molecule has 1 heterocycles. The van der Waals surface area contributed by atoms with Crippen molar-refractivity contribution in [1.29, 1.82) is 0 Å². The number of anilines is 1. The summed E-state index contributed by atoms with van der Waals surface area (Å²) in [5.74, 6) is -6.13. The van der Waals surface area contributed by atoms with E-state index in [4.69, 9.17) is 5.73 Å². The van der Waals surface area contributed by atoms with Gasteiger partial charge in [0.15, 0.2) is 11.4 Å². The number of aliphatic hydroxyl groups excluding tert-OH is 2. The number of amides is 1. The van der Waals surface area contributed by atoms with Crippen molar-refractivity contribution in [3.05, 3.63) is 33.7 Å². The summed E-state index contributed by atoms with van der Waals surface area (Å²) in [6.45, 7) is 1.92. The van der Waals surface area contributed by atoms with E-state index in [0.717, 1.165) is 0 Å². The lowest BCUT2D eigenvalue weighted by atomic mass is 9.57. The van der Waals surface area contributed by atoms with E-state index in [-0.39, 0.29) is 29.7 Å². The second-order valence-electron chi connectivity index (χ2n) is 10.2. The summed E-state index contributed by atoms with van der Waals surface area (Å²) in [7, 11) is 6.70. The molecule has 0 spiro atoms. The molecule has 36 heavy (non-hydrogen) atoms. The van der Waals surface area contributed by atoms with Crippen LogP contribution >= 0.6 is 0 Å². The summed E-state index contributed by atoms with van der Waals surface area (Å²) in [4.78, 5) is 46.9. The minimum Gasteiger partial charge on any atom is -0.508 e. The molecule has 6 N–H and O–H groups in total. The smallest absolute Gasteiger partial charge is 0.255 e. The van der Waals surface area contributed by atoms with Crippen molar-refractivity contribution in [1.82, 2.24) is 9.88 Å². The molecule has 11 nitrogen and oxygen atoms in total. The highest BCUT2D eigenvalue weighted by molar-refractivity contribution is 6.24. The molecular formula is C25H32N4O7. The Morgan fingerprint density at radius 1 is 1.17 bits per heavy atom. The largest absolute Gasteiger partial charge is 0.508 e. The molecule has 0 unspecified atom stereocenters. The van der Waals surface area contributed by atoms with E-state index in [0.29, 0.717) is 29.9 Å². The van der Waals surface area contributed by atoms with Crippen molar-refractivity contribution < 1.29 is 34.8 Å². The van der Waals surface area contributed by atoms with Crippen LogP contribution in [0.2, 0.25) is 0 Å². The van der Waals surface area contributed by atoms with Crippen LogP contribution in [0.4, 0.5) is 5.82 Å². The zero-order valence-corrected chi connectivity index (χ0v) is 21.0. The van der Waals surface area contributed by atoms with Crippen LogP contribution in [-0.4, -0.2) is 87.6 Å². The molecule has 1 aromatic rings. The monoisotopic (exact) mass is 500 g/mol. The average molecular weight is 501 g/mol. The number of aromatic nitrogens is 1. The lowest BCUT2D eigenvalue weighted by Gasteiger charge is -2.50. The van der Waals surface area contributed by atoms with E-state index >= 15 is 0 Å². The minimum absolute atomic E-state index is 0.0378. The number of likely N-dealkylation sites (N-methyl/N-ethyl adjacent to an activating group) is 1. The van der Waals surface area contributed by atoms with E-state index in [9.17, 15) is 34.8 Å². The van der Waals surface area contributed by atoms with Crippen LogP contribution in [0.5, 0.6) is 5.75 Å². The van der Waals surface area contributed by atoms with Gasteiger partial charge in [-0.25, -0.2) is 4.98 Å². The number of aromatic hydroxyl groups is 1. The quantitative estimate of drug-likeness (QED) is 0.355. The lowest BCUT2D eigenvalue weighted by molar-refractivity contribution is -0.153. The topological polar surface area (TPSA) is 178 Å². The third kappa shape index (κ3) is 3.33. The molecule has 0 saturated heterocycles. The lowest BCUT2D eigenvalue weighted by Crippen LogP contribution is -2.65. The number of carbonyl (C=O) groups is 3. The molecule has 1 saturated carbocycles. The number of fused-ring (bicyclic) bond motifs is 3. The second-order valence-corrected chi connectivity index (χ2v) is 10.2. The van der Waals surface area contributed by atoms with Crippen LogP contribution in [0.3, 0.4) is 0 Å². The first kappa shape index (κ1) is 25.6. The van der Waals surface area contributed by atoms with E-state index in [1.165, 1.54) is 4.90 Å². The molecule has 3 aliphatic rings. The first-order chi connectivity index (χ1) is 16.8. The van der Waals surface area contributed by atoms with E-state index in [1.807, 2.05) is 6.92 Å². The van der Waals surface area contributed by atoms with Gasteiger partial charge in [-0.3, -0.25) is 19.3 Å². The standard InChI is InChI=1S/C25H32N4O7/c1-6-7-13-18(30)15-11(24(27-13)29(4)5)8-10-9-12-17(28(2)3)20(32)16(23(26)35)22(34)25(12,36)21(33)14(10)19(15)31/h10,12,17,30-31,34,36H,6-9H2,1-5H3,(H2,26,35)/t10-,12-,17-,25-/m0/s1. The third-order valence-corrected chi connectivity index (χ3v) is 7.55. The molecule has 4 rings (SSSR count). The fraction of sp³-hybridized carbons (Fsp3) is 0.520. The van der Waals surface area contributed by atoms with Gasteiger partial charge in [0, 0.05) is 31.1 Å². The maximum atomic E-state index is 13.9. The second kappa shape index (κ2) is 8.59. The number of rotatable bonds is 5. The van der Waals surface area contributed by atoms with Gasteiger partial charge < -0.3 is 31.1 Å². The Labute approximate surface area is 208 Å². The maximum Gasteiger partial charge on any atom is 0.255 e. The summed E-state index contributed by atoms with van der Waals surface area (Å²) in [5.41, 5.74) is 2.66. The number of hydrogen-bond acceptors (Lipinski definition) is 10. The number of carbonyl (C=O) groups excluding carboxylic acids is 3. The maximum absolute atomic E-state index is 13.9. The Bertz CT molecular complexity index is 1250. The van der Waals surface area contributed by atoms with Gasteiger partial charge in [0.05, 0.1) is 17.3 Å². The average Bonchev–Trinajstić information content (AvgIpc) is 2.77. The van der Waals surface area contributed by atoms with Crippen LogP contribution in [0, 0.1) is 11.8 Å². The Morgan fingerprint density at radius 2 is 1.81 bits per heavy atom. The molecule has 11 heteroatoms. The van der Waals surface area contributed by atoms with Crippen molar-refractivity contribution >= 4 is 29.1 Å². The Morgan fingerprint density at radius 3 is 2.33 bits per heavy atom. The van der Waals surface area contributed by atoms with Gasteiger partial charge in [-0.15, -0.1) is 0 Å². The number of ketones is 2. The van der Waals surface area contributed by atoms with Crippen molar-refractivity contribution in [2.75, 3.05) is 33.1 Å². The number of nitrogens with zero attached hydrogens (tertiary/aromatic N) is 3. The number of hydrogen-bond donors (Lipinski definition) is 5. The van der Waals surface area contributed by atoms with E-state index in [2.05, 4.69) is 4.98 Å². The van der Waals surface area contributed by atoms with Crippen molar-refractivity contribution in [3.63, 3.8) is 0 Å². The van der Waals surface area contributed by atoms with Gasteiger partial charge in [-0.05, 0) is 39.3 Å². The number of Topliss-reactive ketones (excluding diaryl/α,β-unsaturated/α-hetero) is 2. The number of primary amides is 1. The SMILES string of the molecule is CCCc1nc(N(C)C)c2c(c1O)C(O)=C1C(=O)[C@]3(O)C(O)=C(C(N)=O)C(=O)[C@@H](N(C)C)[C@@H]3C[C@@H]1C2. The molecule has 1 fully saturated rings. The molecule has 0 bridgehead atoms. The van der Waals surface area contributed by atoms with Crippen LogP contribution in [0.15, 0.2) is 16.9 Å². The molecule has 0 radical (unpaired) electrons. The van der Waals surface area contributed by atoms with Gasteiger partial charge in [0.1, 0.15) is 28.7 Å². The molecular weight excluding hydrogens is 468 g/mol. The summed E-state index contributed by atoms with van der Waals surface area (Å²) in [5, 5.41) is 44.9. The highest BCUT2D eigenvalue weighted by atomic mass is 16.3. The number of aryl methyl sites for hydroxylation is 1. The van der Waals surface area contributed by atoms with Gasteiger partial charge in [-0.1, -0.05) is 13.3 Å². The number of nitrogens with two attached hydrogens (primary N) is 1. The third-order valence-electron chi connectivity index (χ3n) is 7.55.